The first kappa shape index (κ1) is 19.9. The van der Waals surface area contributed by atoms with Gasteiger partial charge in [0.2, 0.25) is 0 Å². The Hall–Kier alpha value is -2.39. The van der Waals surface area contributed by atoms with Gasteiger partial charge in [0.1, 0.15) is 11.6 Å². The minimum atomic E-state index is -4.76. The molecule has 2 rings (SSSR count). The Labute approximate surface area is 145 Å². The number of carboxylic acids is 1. The lowest BCUT2D eigenvalue weighted by molar-refractivity contribution is -0.187. The van der Waals surface area contributed by atoms with Gasteiger partial charge in [-0.05, 0) is 12.5 Å². The Morgan fingerprint density at radius 2 is 1.96 bits per heavy atom. The SMILES string of the molecule is CCC(NC(=O)N1C[C@@H](C(F)(F)F)[C@H](C(=O)O)C1)c1ccc(F)cc1F. The number of carbonyl (C=O) groups is 2. The predicted octanol–water partition coefficient (Wildman–Crippen LogP) is 3.32. The van der Waals surface area contributed by atoms with Gasteiger partial charge in [-0.2, -0.15) is 13.2 Å². The number of hydrogen-bond donors (Lipinski definition) is 2. The second-order valence-electron chi connectivity index (χ2n) is 6.07. The van der Waals surface area contributed by atoms with Crippen LogP contribution >= 0.6 is 0 Å². The molecular formula is C16H17F5N2O3. The van der Waals surface area contributed by atoms with Crippen LogP contribution in [0.3, 0.4) is 0 Å². The summed E-state index contributed by atoms with van der Waals surface area (Å²) in [7, 11) is 0. The van der Waals surface area contributed by atoms with Crippen molar-refractivity contribution >= 4 is 12.0 Å². The first-order valence-corrected chi connectivity index (χ1v) is 7.84. The zero-order valence-electron chi connectivity index (χ0n) is 13.7. The smallest absolute Gasteiger partial charge is 0.394 e. The molecule has 0 bridgehead atoms. The Kier molecular flexibility index (Phi) is 5.72. The number of carbonyl (C=O) groups excluding carboxylic acids is 1. The van der Waals surface area contributed by atoms with E-state index in [0.717, 1.165) is 17.0 Å². The van der Waals surface area contributed by atoms with Gasteiger partial charge in [-0.1, -0.05) is 13.0 Å². The molecule has 2 amide bonds. The van der Waals surface area contributed by atoms with Gasteiger partial charge in [0.25, 0.3) is 0 Å². The van der Waals surface area contributed by atoms with Crippen LogP contribution < -0.4 is 5.32 Å². The van der Waals surface area contributed by atoms with Crippen LogP contribution in [0.4, 0.5) is 26.7 Å². The van der Waals surface area contributed by atoms with Crippen LogP contribution in [0.25, 0.3) is 0 Å². The van der Waals surface area contributed by atoms with E-state index in [4.69, 9.17) is 5.11 Å². The molecule has 5 nitrogen and oxygen atoms in total. The number of likely N-dealkylation sites (tertiary alicyclic amines) is 1. The highest BCUT2D eigenvalue weighted by Crippen LogP contribution is 2.38. The van der Waals surface area contributed by atoms with Gasteiger partial charge in [-0.25, -0.2) is 13.6 Å². The zero-order chi connectivity index (χ0) is 19.6. The maximum atomic E-state index is 13.9. The molecule has 1 aliphatic heterocycles. The van der Waals surface area contributed by atoms with E-state index in [0.29, 0.717) is 6.07 Å². The molecular weight excluding hydrogens is 363 g/mol. The highest BCUT2D eigenvalue weighted by Gasteiger charge is 2.53. The van der Waals surface area contributed by atoms with Crippen LogP contribution in [0.15, 0.2) is 18.2 Å². The van der Waals surface area contributed by atoms with Crippen LogP contribution in [0.5, 0.6) is 0 Å². The molecule has 26 heavy (non-hydrogen) atoms. The van der Waals surface area contributed by atoms with Crippen LogP contribution in [-0.2, 0) is 4.79 Å². The number of aliphatic carboxylic acids is 1. The molecule has 1 fully saturated rings. The molecule has 1 aromatic rings. The van der Waals surface area contributed by atoms with Crippen molar-refractivity contribution in [1.82, 2.24) is 10.2 Å². The molecule has 0 aromatic heterocycles. The van der Waals surface area contributed by atoms with Gasteiger partial charge in [0, 0.05) is 24.7 Å². The molecule has 3 atom stereocenters. The van der Waals surface area contributed by atoms with Crippen molar-refractivity contribution in [2.45, 2.75) is 25.6 Å². The number of amides is 2. The number of halogens is 5. The van der Waals surface area contributed by atoms with Gasteiger partial charge < -0.3 is 15.3 Å². The van der Waals surface area contributed by atoms with E-state index in [1.807, 2.05) is 0 Å². The van der Waals surface area contributed by atoms with Gasteiger partial charge in [-0.15, -0.1) is 0 Å². The minimum absolute atomic E-state index is 0.0106. The van der Waals surface area contributed by atoms with Gasteiger partial charge in [0.05, 0.1) is 17.9 Å². The fourth-order valence-corrected chi connectivity index (χ4v) is 2.98. The number of rotatable bonds is 4. The number of hydrogen-bond acceptors (Lipinski definition) is 2. The Bertz CT molecular complexity index is 695. The van der Waals surface area contributed by atoms with E-state index in [2.05, 4.69) is 5.32 Å². The Balaban J connectivity index is 2.14. The molecule has 0 saturated carbocycles. The molecule has 10 heteroatoms. The summed E-state index contributed by atoms with van der Waals surface area (Å²) >= 11 is 0. The number of nitrogens with one attached hydrogen (secondary N) is 1. The van der Waals surface area contributed by atoms with Crippen LogP contribution in [0.1, 0.15) is 24.9 Å². The first-order valence-electron chi connectivity index (χ1n) is 7.84. The topological polar surface area (TPSA) is 69.6 Å². The monoisotopic (exact) mass is 380 g/mol. The maximum Gasteiger partial charge on any atom is 0.394 e. The molecule has 1 saturated heterocycles. The minimum Gasteiger partial charge on any atom is -0.481 e. The predicted molar refractivity (Wildman–Crippen MR) is 80.2 cm³/mol. The molecule has 0 spiro atoms. The molecule has 1 aromatic carbocycles. The standard InChI is InChI=1S/C16H17F5N2O3/c1-2-13(9-4-3-8(17)5-12(9)18)22-15(26)23-6-10(14(24)25)11(7-23)16(19,20)21/h3-5,10-11,13H,2,6-7H2,1H3,(H,22,26)(H,24,25)/t10-,11-,13?/m1/s1. The quantitative estimate of drug-likeness (QED) is 0.788. The van der Waals surface area contributed by atoms with Crippen LogP contribution in [0.2, 0.25) is 0 Å². The number of benzene rings is 1. The van der Waals surface area contributed by atoms with E-state index in [9.17, 15) is 31.5 Å². The highest BCUT2D eigenvalue weighted by molar-refractivity contribution is 5.78. The lowest BCUT2D eigenvalue weighted by Crippen LogP contribution is -2.41. The second kappa shape index (κ2) is 7.46. The third-order valence-corrected chi connectivity index (χ3v) is 4.39. The largest absolute Gasteiger partial charge is 0.481 e. The Morgan fingerprint density at radius 3 is 2.42 bits per heavy atom. The van der Waals surface area contributed by atoms with Crippen LogP contribution in [-0.4, -0.2) is 41.3 Å². The summed E-state index contributed by atoms with van der Waals surface area (Å²) in [6.07, 6.45) is -4.56. The third-order valence-electron chi connectivity index (χ3n) is 4.39. The van der Waals surface area contributed by atoms with Gasteiger partial charge in [-0.3, -0.25) is 4.79 Å². The maximum absolute atomic E-state index is 13.9. The fourth-order valence-electron chi connectivity index (χ4n) is 2.98. The van der Waals surface area contributed by atoms with E-state index in [-0.39, 0.29) is 12.0 Å². The van der Waals surface area contributed by atoms with Crippen LogP contribution in [0, 0.1) is 23.5 Å². The Morgan fingerprint density at radius 1 is 1.31 bits per heavy atom. The number of urea groups is 1. The molecule has 0 aliphatic carbocycles. The number of carboxylic acid groups (broad SMARTS) is 1. The van der Waals surface area contributed by atoms with Gasteiger partial charge in [0.15, 0.2) is 0 Å². The van der Waals surface area contributed by atoms with Crippen molar-refractivity contribution in [2.75, 3.05) is 13.1 Å². The summed E-state index contributed by atoms with van der Waals surface area (Å²) in [4.78, 5) is 24.1. The lowest BCUT2D eigenvalue weighted by Gasteiger charge is -2.23. The third kappa shape index (κ3) is 4.23. The summed E-state index contributed by atoms with van der Waals surface area (Å²) in [6, 6.07) is 0.959. The van der Waals surface area contributed by atoms with E-state index in [1.54, 1.807) is 6.92 Å². The molecule has 0 radical (unpaired) electrons. The molecule has 1 aliphatic rings. The van der Waals surface area contributed by atoms with Gasteiger partial charge >= 0.3 is 18.2 Å². The molecule has 1 unspecified atom stereocenters. The summed E-state index contributed by atoms with van der Waals surface area (Å²) in [5.41, 5.74) is -0.0106. The summed E-state index contributed by atoms with van der Waals surface area (Å²) in [5.74, 6) is -7.27. The van der Waals surface area contributed by atoms with Crippen molar-refractivity contribution in [3.05, 3.63) is 35.4 Å². The molecule has 2 N–H and O–H groups in total. The zero-order valence-corrected chi connectivity index (χ0v) is 13.7. The fraction of sp³-hybridized carbons (Fsp3) is 0.500. The summed E-state index contributed by atoms with van der Waals surface area (Å²) < 4.78 is 65.8. The molecule has 144 valence electrons. The summed E-state index contributed by atoms with van der Waals surface area (Å²) in [6.45, 7) is 0.207. The van der Waals surface area contributed by atoms with Crippen molar-refractivity contribution in [2.24, 2.45) is 11.8 Å². The normalized spacial score (nSPS) is 21.5. The number of nitrogens with zero attached hydrogens (tertiary/aromatic N) is 1. The van der Waals surface area contributed by atoms with Crippen molar-refractivity contribution in [3.63, 3.8) is 0 Å². The average molecular weight is 380 g/mol. The van der Waals surface area contributed by atoms with E-state index >= 15 is 0 Å². The second-order valence-corrected chi connectivity index (χ2v) is 6.07. The van der Waals surface area contributed by atoms with Crippen molar-refractivity contribution in [3.8, 4) is 0 Å². The van der Waals surface area contributed by atoms with Crippen molar-refractivity contribution in [1.29, 1.82) is 0 Å². The lowest BCUT2D eigenvalue weighted by atomic mass is 9.96. The number of alkyl halides is 3. The summed E-state index contributed by atoms with van der Waals surface area (Å²) in [5, 5.41) is 11.4. The first-order chi connectivity index (χ1) is 12.0. The molecule has 1 heterocycles. The van der Waals surface area contributed by atoms with E-state index < -0.39 is 60.8 Å². The average Bonchev–Trinajstić information content (AvgIpc) is 2.99. The van der Waals surface area contributed by atoms with Crippen molar-refractivity contribution < 1.29 is 36.6 Å². The van der Waals surface area contributed by atoms with E-state index in [1.165, 1.54) is 0 Å². The highest BCUT2D eigenvalue weighted by atomic mass is 19.4.